The number of amides is 1. The van der Waals surface area contributed by atoms with E-state index in [1.165, 1.54) is 0 Å². The summed E-state index contributed by atoms with van der Waals surface area (Å²) in [6.07, 6.45) is 2.59. The van der Waals surface area contributed by atoms with E-state index in [9.17, 15) is 9.90 Å². The first-order valence-corrected chi connectivity index (χ1v) is 10.4. The molecular weight excluding hydrogens is 348 g/mol. The lowest BCUT2D eigenvalue weighted by atomic mass is 9.72. The number of hydrogen-bond acceptors (Lipinski definition) is 3. The second kappa shape index (κ2) is 8.06. The van der Waals surface area contributed by atoms with E-state index in [2.05, 4.69) is 11.9 Å². The van der Waals surface area contributed by atoms with Crippen LogP contribution >= 0.6 is 0 Å². The third kappa shape index (κ3) is 3.59. The van der Waals surface area contributed by atoms with Crippen LogP contribution in [0.5, 0.6) is 0 Å². The van der Waals surface area contributed by atoms with Crippen molar-refractivity contribution in [2.75, 3.05) is 33.2 Å². The third-order valence-electron chi connectivity index (χ3n) is 6.57. The van der Waals surface area contributed by atoms with Crippen LogP contribution in [0, 0.1) is 11.8 Å². The zero-order chi connectivity index (χ0) is 19.6. The molecular formula is C24H30N2O2. The fourth-order valence-electron chi connectivity index (χ4n) is 4.94. The number of aliphatic hydroxyl groups is 1. The van der Waals surface area contributed by atoms with Gasteiger partial charge in [-0.05, 0) is 49.9 Å². The lowest BCUT2D eigenvalue weighted by molar-refractivity contribution is -0.138. The van der Waals surface area contributed by atoms with Crippen molar-refractivity contribution in [3.8, 4) is 0 Å². The van der Waals surface area contributed by atoms with E-state index in [1.807, 2.05) is 65.6 Å². The Morgan fingerprint density at radius 2 is 1.43 bits per heavy atom. The van der Waals surface area contributed by atoms with Crippen LogP contribution < -0.4 is 0 Å². The molecule has 4 rings (SSSR count). The predicted molar refractivity (Wildman–Crippen MR) is 111 cm³/mol. The molecule has 2 aliphatic heterocycles. The van der Waals surface area contributed by atoms with E-state index in [0.717, 1.165) is 56.6 Å². The van der Waals surface area contributed by atoms with E-state index in [1.54, 1.807) is 0 Å². The fraction of sp³-hybridized carbons (Fsp3) is 0.458. The number of carbonyl (C=O) groups excluding carboxylic acids is 1. The molecule has 2 fully saturated rings. The Bertz CT molecular complexity index is 745. The Morgan fingerprint density at radius 1 is 0.893 bits per heavy atom. The standard InChI is InChI=1S/C24H30N2O2/c1-25-15-12-19(18-25)23(27)26-16-13-22(14-17-26)24(28,20-8-4-2-5-9-20)21-10-6-3-7-11-21/h2-11,19,22,28H,12-18H2,1H3/t19-/m1/s1. The molecule has 2 aromatic carbocycles. The number of piperidine rings is 1. The maximum absolute atomic E-state index is 12.9. The SMILES string of the molecule is CN1CC[C@@H](C(=O)N2CCC(C(O)(c3ccccc3)c3ccccc3)CC2)C1. The molecule has 0 unspecified atom stereocenters. The summed E-state index contributed by atoms with van der Waals surface area (Å²) in [5, 5.41) is 11.9. The molecule has 4 nitrogen and oxygen atoms in total. The molecule has 2 aliphatic rings. The second-order valence-electron chi connectivity index (χ2n) is 8.35. The monoisotopic (exact) mass is 378 g/mol. The van der Waals surface area contributed by atoms with Gasteiger partial charge < -0.3 is 14.9 Å². The van der Waals surface area contributed by atoms with Crippen molar-refractivity contribution in [1.29, 1.82) is 0 Å². The lowest BCUT2D eigenvalue weighted by Gasteiger charge is -2.42. The number of nitrogens with zero attached hydrogens (tertiary/aromatic N) is 2. The highest BCUT2D eigenvalue weighted by molar-refractivity contribution is 5.79. The van der Waals surface area contributed by atoms with Gasteiger partial charge in [0, 0.05) is 19.6 Å². The zero-order valence-electron chi connectivity index (χ0n) is 16.6. The minimum absolute atomic E-state index is 0.0904. The van der Waals surface area contributed by atoms with Crippen molar-refractivity contribution < 1.29 is 9.90 Å². The van der Waals surface area contributed by atoms with Crippen LogP contribution in [-0.4, -0.2) is 54.0 Å². The highest BCUT2D eigenvalue weighted by Crippen LogP contribution is 2.42. The molecule has 1 amide bonds. The van der Waals surface area contributed by atoms with Crippen molar-refractivity contribution in [3.05, 3.63) is 71.8 Å². The number of carbonyl (C=O) groups is 1. The summed E-state index contributed by atoms with van der Waals surface area (Å²) in [4.78, 5) is 17.1. The van der Waals surface area contributed by atoms with Gasteiger partial charge in [0.1, 0.15) is 5.60 Å². The molecule has 0 radical (unpaired) electrons. The minimum atomic E-state index is -1.02. The summed E-state index contributed by atoms with van der Waals surface area (Å²) in [7, 11) is 2.08. The highest BCUT2D eigenvalue weighted by Gasteiger charge is 2.42. The number of rotatable bonds is 4. The number of benzene rings is 2. The van der Waals surface area contributed by atoms with Gasteiger partial charge >= 0.3 is 0 Å². The largest absolute Gasteiger partial charge is 0.380 e. The first-order chi connectivity index (χ1) is 13.6. The minimum Gasteiger partial charge on any atom is -0.380 e. The van der Waals surface area contributed by atoms with Crippen molar-refractivity contribution in [1.82, 2.24) is 9.80 Å². The van der Waals surface area contributed by atoms with Gasteiger partial charge in [-0.3, -0.25) is 4.79 Å². The van der Waals surface area contributed by atoms with E-state index in [0.29, 0.717) is 5.91 Å². The van der Waals surface area contributed by atoms with E-state index < -0.39 is 5.60 Å². The van der Waals surface area contributed by atoms with E-state index in [-0.39, 0.29) is 11.8 Å². The zero-order valence-corrected chi connectivity index (χ0v) is 16.6. The molecule has 28 heavy (non-hydrogen) atoms. The quantitative estimate of drug-likeness (QED) is 0.889. The van der Waals surface area contributed by atoms with Gasteiger partial charge in [0.2, 0.25) is 5.91 Å². The first-order valence-electron chi connectivity index (χ1n) is 10.4. The molecule has 4 heteroatoms. The molecule has 2 aromatic rings. The molecule has 1 atom stereocenters. The Kier molecular flexibility index (Phi) is 5.51. The van der Waals surface area contributed by atoms with Gasteiger partial charge in [-0.15, -0.1) is 0 Å². The molecule has 2 heterocycles. The predicted octanol–water partition coefficient (Wildman–Crippen LogP) is 3.11. The Labute approximate surface area is 167 Å². The van der Waals surface area contributed by atoms with Gasteiger partial charge in [-0.1, -0.05) is 60.7 Å². The maximum atomic E-state index is 12.9. The van der Waals surface area contributed by atoms with Crippen molar-refractivity contribution in [3.63, 3.8) is 0 Å². The average Bonchev–Trinajstić information content (AvgIpc) is 3.20. The summed E-state index contributed by atoms with van der Waals surface area (Å²) >= 11 is 0. The summed E-state index contributed by atoms with van der Waals surface area (Å²) < 4.78 is 0. The molecule has 1 N–H and O–H groups in total. The highest BCUT2D eigenvalue weighted by atomic mass is 16.3. The molecule has 0 aromatic heterocycles. The van der Waals surface area contributed by atoms with Crippen LogP contribution in [0.1, 0.15) is 30.4 Å². The molecule has 148 valence electrons. The van der Waals surface area contributed by atoms with Gasteiger partial charge in [-0.25, -0.2) is 0 Å². The van der Waals surface area contributed by atoms with Crippen molar-refractivity contribution in [2.45, 2.75) is 24.9 Å². The van der Waals surface area contributed by atoms with Crippen LogP contribution in [0.2, 0.25) is 0 Å². The first kappa shape index (κ1) is 19.2. The Balaban J connectivity index is 1.53. The van der Waals surface area contributed by atoms with Crippen LogP contribution in [-0.2, 0) is 10.4 Å². The topological polar surface area (TPSA) is 43.8 Å². The average molecular weight is 379 g/mol. The summed E-state index contributed by atoms with van der Waals surface area (Å²) in [6, 6.07) is 20.0. The van der Waals surface area contributed by atoms with Gasteiger partial charge in [0.05, 0.1) is 5.92 Å². The van der Waals surface area contributed by atoms with E-state index >= 15 is 0 Å². The van der Waals surface area contributed by atoms with Crippen LogP contribution in [0.3, 0.4) is 0 Å². The number of likely N-dealkylation sites (tertiary alicyclic amines) is 2. The van der Waals surface area contributed by atoms with E-state index in [4.69, 9.17) is 0 Å². The molecule has 0 spiro atoms. The molecule has 0 saturated carbocycles. The summed E-state index contributed by atoms with van der Waals surface area (Å²) in [5.74, 6) is 0.530. The number of hydrogen-bond donors (Lipinski definition) is 1. The molecule has 0 aliphatic carbocycles. The Morgan fingerprint density at radius 3 is 1.89 bits per heavy atom. The maximum Gasteiger partial charge on any atom is 0.227 e. The molecule has 2 saturated heterocycles. The Hall–Kier alpha value is -2.17. The van der Waals surface area contributed by atoms with Crippen LogP contribution in [0.4, 0.5) is 0 Å². The summed E-state index contributed by atoms with van der Waals surface area (Å²) in [5.41, 5.74) is 0.845. The van der Waals surface area contributed by atoms with Crippen molar-refractivity contribution in [2.24, 2.45) is 11.8 Å². The molecule has 0 bridgehead atoms. The van der Waals surface area contributed by atoms with Crippen LogP contribution in [0.15, 0.2) is 60.7 Å². The lowest BCUT2D eigenvalue weighted by Crippen LogP contribution is -2.47. The smallest absolute Gasteiger partial charge is 0.227 e. The second-order valence-corrected chi connectivity index (χ2v) is 8.35. The van der Waals surface area contributed by atoms with Gasteiger partial charge in [0.25, 0.3) is 0 Å². The fourth-order valence-corrected chi connectivity index (χ4v) is 4.94. The third-order valence-corrected chi connectivity index (χ3v) is 6.57. The van der Waals surface area contributed by atoms with Crippen LogP contribution in [0.25, 0.3) is 0 Å². The van der Waals surface area contributed by atoms with Gasteiger partial charge in [0.15, 0.2) is 0 Å². The van der Waals surface area contributed by atoms with Crippen molar-refractivity contribution >= 4 is 5.91 Å². The van der Waals surface area contributed by atoms with Gasteiger partial charge in [-0.2, -0.15) is 0 Å². The summed E-state index contributed by atoms with van der Waals surface area (Å²) in [6.45, 7) is 3.34. The normalized spacial score (nSPS) is 21.8.